The van der Waals surface area contributed by atoms with Crippen molar-refractivity contribution in [2.75, 3.05) is 0 Å². The number of nitro groups is 1. The van der Waals surface area contributed by atoms with E-state index < -0.39 is 4.92 Å². The molecule has 6 heteroatoms. The third-order valence-corrected chi connectivity index (χ3v) is 3.59. The van der Waals surface area contributed by atoms with Crippen LogP contribution in [-0.4, -0.2) is 4.92 Å². The summed E-state index contributed by atoms with van der Waals surface area (Å²) >= 11 is 3.27. The Morgan fingerprint density at radius 3 is 2.57 bits per heavy atom. The first-order valence-electron chi connectivity index (χ1n) is 6.38. The van der Waals surface area contributed by atoms with Crippen LogP contribution in [0.2, 0.25) is 0 Å². The Labute approximate surface area is 130 Å². The Morgan fingerprint density at radius 1 is 1.29 bits per heavy atom. The van der Waals surface area contributed by atoms with Gasteiger partial charge in [-0.05, 0) is 36.2 Å². The molecule has 0 aliphatic carbocycles. The fourth-order valence-electron chi connectivity index (χ4n) is 1.98. The van der Waals surface area contributed by atoms with E-state index in [0.717, 1.165) is 11.1 Å². The van der Waals surface area contributed by atoms with Crippen molar-refractivity contribution in [3.63, 3.8) is 0 Å². The highest BCUT2D eigenvalue weighted by atomic mass is 79.9. The third kappa shape index (κ3) is 4.34. The molecule has 4 nitrogen and oxygen atoms in total. The van der Waals surface area contributed by atoms with E-state index in [1.165, 1.54) is 24.3 Å². The summed E-state index contributed by atoms with van der Waals surface area (Å²) in [5.41, 5.74) is 1.82. The van der Waals surface area contributed by atoms with E-state index in [1.807, 2.05) is 13.0 Å². The molecular formula is C15H14BrFN2O2. The number of hydrogen-bond donors (Lipinski definition) is 1. The van der Waals surface area contributed by atoms with E-state index in [9.17, 15) is 14.5 Å². The topological polar surface area (TPSA) is 55.2 Å². The highest BCUT2D eigenvalue weighted by Gasteiger charge is 2.10. The molecule has 21 heavy (non-hydrogen) atoms. The average molecular weight is 353 g/mol. The monoisotopic (exact) mass is 352 g/mol. The van der Waals surface area contributed by atoms with E-state index in [2.05, 4.69) is 21.2 Å². The summed E-state index contributed by atoms with van der Waals surface area (Å²) in [5.74, 6) is -0.270. The lowest BCUT2D eigenvalue weighted by Gasteiger charge is -2.14. The van der Waals surface area contributed by atoms with E-state index >= 15 is 0 Å². The molecule has 0 aromatic heterocycles. The van der Waals surface area contributed by atoms with Crippen LogP contribution in [0.15, 0.2) is 46.9 Å². The maximum Gasteiger partial charge on any atom is 0.270 e. The number of nitrogens with one attached hydrogen (secondary N) is 1. The molecule has 0 spiro atoms. The number of non-ortho nitro benzene ring substituents is 1. The highest BCUT2D eigenvalue weighted by molar-refractivity contribution is 9.10. The zero-order valence-corrected chi connectivity index (χ0v) is 12.9. The smallest absolute Gasteiger partial charge is 0.270 e. The van der Waals surface area contributed by atoms with Crippen molar-refractivity contribution in [3.05, 3.63) is 74.0 Å². The van der Waals surface area contributed by atoms with Crippen molar-refractivity contribution in [1.29, 1.82) is 0 Å². The first kappa shape index (κ1) is 15.6. The van der Waals surface area contributed by atoms with Gasteiger partial charge in [-0.25, -0.2) is 4.39 Å². The number of hydrogen-bond acceptors (Lipinski definition) is 3. The maximum atomic E-state index is 12.9. The molecule has 0 radical (unpaired) electrons. The predicted molar refractivity (Wildman–Crippen MR) is 82.5 cm³/mol. The first-order chi connectivity index (χ1) is 9.95. The Morgan fingerprint density at radius 2 is 1.95 bits per heavy atom. The largest absolute Gasteiger partial charge is 0.306 e. The highest BCUT2D eigenvalue weighted by Crippen LogP contribution is 2.22. The van der Waals surface area contributed by atoms with Gasteiger partial charge in [0.2, 0.25) is 0 Å². The van der Waals surface area contributed by atoms with E-state index in [-0.39, 0.29) is 17.5 Å². The van der Waals surface area contributed by atoms with Crippen LogP contribution in [0.5, 0.6) is 0 Å². The molecule has 0 amide bonds. The summed E-state index contributed by atoms with van der Waals surface area (Å²) < 4.78 is 13.5. The van der Waals surface area contributed by atoms with Crippen molar-refractivity contribution in [3.8, 4) is 0 Å². The van der Waals surface area contributed by atoms with E-state index in [4.69, 9.17) is 0 Å². The molecule has 2 aromatic rings. The molecule has 0 aliphatic rings. The van der Waals surface area contributed by atoms with Gasteiger partial charge in [0.25, 0.3) is 5.69 Å². The Balaban J connectivity index is 2.05. The Kier molecular flexibility index (Phi) is 5.03. The number of nitro benzene ring substituents is 1. The van der Waals surface area contributed by atoms with Gasteiger partial charge in [0.15, 0.2) is 0 Å². The molecule has 110 valence electrons. The van der Waals surface area contributed by atoms with Crippen molar-refractivity contribution in [1.82, 2.24) is 5.32 Å². The second-order valence-corrected chi connectivity index (χ2v) is 5.64. The molecular weight excluding hydrogens is 339 g/mol. The van der Waals surface area contributed by atoms with Gasteiger partial charge < -0.3 is 5.32 Å². The van der Waals surface area contributed by atoms with Gasteiger partial charge in [0, 0.05) is 29.2 Å². The number of rotatable bonds is 5. The summed E-state index contributed by atoms with van der Waals surface area (Å²) in [7, 11) is 0. The van der Waals surface area contributed by atoms with Crippen LogP contribution in [0, 0.1) is 15.9 Å². The molecule has 1 atom stereocenters. The summed E-state index contributed by atoms with van der Waals surface area (Å²) in [4.78, 5) is 10.4. The van der Waals surface area contributed by atoms with Crippen LogP contribution in [0.1, 0.15) is 24.1 Å². The van der Waals surface area contributed by atoms with Gasteiger partial charge in [-0.3, -0.25) is 10.1 Å². The fraction of sp³-hybridized carbons (Fsp3) is 0.200. The zero-order chi connectivity index (χ0) is 15.4. The predicted octanol–water partition coefficient (Wildman–Crippen LogP) is 4.35. The number of benzene rings is 2. The van der Waals surface area contributed by atoms with Crippen molar-refractivity contribution in [2.24, 2.45) is 0 Å². The molecule has 0 unspecified atom stereocenters. The maximum absolute atomic E-state index is 12.9. The number of halogens is 2. The van der Waals surface area contributed by atoms with Gasteiger partial charge >= 0.3 is 0 Å². The van der Waals surface area contributed by atoms with Crippen molar-refractivity contribution < 1.29 is 9.31 Å². The molecule has 0 fully saturated rings. The van der Waals surface area contributed by atoms with Crippen LogP contribution in [0.4, 0.5) is 10.1 Å². The van der Waals surface area contributed by atoms with Crippen molar-refractivity contribution in [2.45, 2.75) is 19.5 Å². The third-order valence-electron chi connectivity index (χ3n) is 3.14. The van der Waals surface area contributed by atoms with Crippen LogP contribution in [-0.2, 0) is 6.54 Å². The molecule has 1 N–H and O–H groups in total. The lowest BCUT2D eigenvalue weighted by molar-refractivity contribution is -0.385. The second kappa shape index (κ2) is 6.78. The van der Waals surface area contributed by atoms with Crippen LogP contribution in [0.3, 0.4) is 0 Å². The quantitative estimate of drug-likeness (QED) is 0.642. The molecule has 2 aromatic carbocycles. The van der Waals surface area contributed by atoms with Crippen LogP contribution in [0.25, 0.3) is 0 Å². The standard InChI is InChI=1S/C15H14BrFN2O2/c1-10(12-2-4-14(17)5-3-12)18-9-11-6-13(16)8-15(7-11)19(20)21/h2-8,10,18H,9H2,1H3/t10-/m0/s1. The zero-order valence-electron chi connectivity index (χ0n) is 11.3. The van der Waals surface area contributed by atoms with Gasteiger partial charge in [-0.15, -0.1) is 0 Å². The van der Waals surface area contributed by atoms with Crippen LogP contribution < -0.4 is 5.32 Å². The van der Waals surface area contributed by atoms with E-state index in [1.54, 1.807) is 12.1 Å². The Bertz CT molecular complexity index is 647. The summed E-state index contributed by atoms with van der Waals surface area (Å²) in [6.07, 6.45) is 0. The van der Waals surface area contributed by atoms with Gasteiger partial charge in [-0.1, -0.05) is 28.1 Å². The SMILES string of the molecule is C[C@H](NCc1cc(Br)cc([N+](=O)[O-])c1)c1ccc(F)cc1. The first-order valence-corrected chi connectivity index (χ1v) is 7.17. The minimum absolute atomic E-state index is 0.0173. The molecule has 0 saturated heterocycles. The second-order valence-electron chi connectivity index (χ2n) is 4.73. The lowest BCUT2D eigenvalue weighted by atomic mass is 10.1. The minimum Gasteiger partial charge on any atom is -0.306 e. The normalized spacial score (nSPS) is 12.1. The molecule has 0 bridgehead atoms. The lowest BCUT2D eigenvalue weighted by Crippen LogP contribution is -2.18. The van der Waals surface area contributed by atoms with Crippen molar-refractivity contribution >= 4 is 21.6 Å². The Hall–Kier alpha value is -1.79. The summed E-state index contributed by atoms with van der Waals surface area (Å²) in [5, 5.41) is 14.1. The molecule has 0 aliphatic heterocycles. The molecule has 0 saturated carbocycles. The van der Waals surface area contributed by atoms with Crippen LogP contribution >= 0.6 is 15.9 Å². The molecule has 0 heterocycles. The van der Waals surface area contributed by atoms with E-state index in [0.29, 0.717) is 11.0 Å². The molecule has 2 rings (SSSR count). The van der Waals surface area contributed by atoms with Gasteiger partial charge in [0.1, 0.15) is 5.82 Å². The van der Waals surface area contributed by atoms with Gasteiger partial charge in [-0.2, -0.15) is 0 Å². The summed E-state index contributed by atoms with van der Waals surface area (Å²) in [6, 6.07) is 11.1. The minimum atomic E-state index is -0.419. The van der Waals surface area contributed by atoms with Gasteiger partial charge in [0.05, 0.1) is 4.92 Å². The number of nitrogens with zero attached hydrogens (tertiary/aromatic N) is 1. The average Bonchev–Trinajstić information content (AvgIpc) is 2.45. The fourth-order valence-corrected chi connectivity index (χ4v) is 2.51. The summed E-state index contributed by atoms with van der Waals surface area (Å²) in [6.45, 7) is 2.44.